The lowest BCUT2D eigenvalue weighted by Crippen LogP contribution is -2.10. The van der Waals surface area contributed by atoms with Crippen LogP contribution in [0.4, 0.5) is 0 Å². The molecule has 0 aromatic heterocycles. The first kappa shape index (κ1) is 6.26. The molecule has 0 aromatic rings. The summed E-state index contributed by atoms with van der Waals surface area (Å²) in [5.41, 5.74) is 0. The molecule has 0 aliphatic heterocycles. The molecule has 0 unspecified atom stereocenters. The van der Waals surface area contributed by atoms with Gasteiger partial charge in [-0.3, -0.25) is 0 Å². The van der Waals surface area contributed by atoms with Crippen molar-refractivity contribution in [1.82, 2.24) is 0 Å². The first-order chi connectivity index (χ1) is 2.91. The smallest absolute Gasteiger partial charge is 0.0773 e. The molecule has 0 fully saturated rings. The Morgan fingerprint density at radius 2 is 2.33 bits per heavy atom. The van der Waals surface area contributed by atoms with Crippen LogP contribution in [0.1, 0.15) is 6.92 Å². The first-order valence-corrected chi connectivity index (χ1v) is 2.91. The van der Waals surface area contributed by atoms with Gasteiger partial charge in [-0.05, 0) is 0 Å². The quantitative estimate of drug-likeness (QED) is 0.273. The van der Waals surface area contributed by atoms with Crippen molar-refractivity contribution >= 4 is 29.0 Å². The van der Waals surface area contributed by atoms with E-state index in [0.29, 0.717) is 0 Å². The van der Waals surface area contributed by atoms with E-state index in [1.165, 1.54) is 27.6 Å². The van der Waals surface area contributed by atoms with Crippen molar-refractivity contribution in [3.63, 3.8) is 0 Å². The molecular formula is C2H10B4. The van der Waals surface area contributed by atoms with E-state index in [-0.39, 0.29) is 0 Å². The fourth-order valence-corrected chi connectivity index (χ4v) is 0.500. The normalized spacial score (nSPS) is 6.83. The van der Waals surface area contributed by atoms with E-state index in [4.69, 9.17) is 0 Å². The Balaban J connectivity index is 2.34. The lowest BCUT2D eigenvalue weighted by atomic mass is 9.13. The maximum Gasteiger partial charge on any atom is 0.0773 e. The monoisotopic (exact) mass is 78.1 g/mol. The standard InChI is InChI=1S/C2H10B4/c1-2-4-6-5-3/h4-6H,2-3H2,1H3. The van der Waals surface area contributed by atoms with E-state index in [0.717, 1.165) is 0 Å². The molecule has 0 heterocycles. The van der Waals surface area contributed by atoms with Crippen molar-refractivity contribution < 1.29 is 0 Å². The van der Waals surface area contributed by atoms with Gasteiger partial charge in [0.05, 0.1) is 14.9 Å². The number of rotatable bonds is 3. The zero-order valence-corrected chi connectivity index (χ0v) is 4.83. The minimum atomic E-state index is 1.36. The molecule has 6 heavy (non-hydrogen) atoms. The highest BCUT2D eigenvalue weighted by molar-refractivity contribution is 7.41. The molecular weight excluding hydrogens is 67.3 g/mol. The van der Waals surface area contributed by atoms with Crippen molar-refractivity contribution in [2.45, 2.75) is 13.2 Å². The van der Waals surface area contributed by atoms with Gasteiger partial charge in [0, 0.05) is 14.1 Å². The molecule has 0 saturated heterocycles. The third-order valence-corrected chi connectivity index (χ3v) is 0.957. The highest BCUT2D eigenvalue weighted by atomic mass is 13.3. The van der Waals surface area contributed by atoms with Crippen LogP contribution in [0.3, 0.4) is 0 Å². The summed E-state index contributed by atoms with van der Waals surface area (Å²) in [6, 6.07) is 0. The van der Waals surface area contributed by atoms with Gasteiger partial charge in [0.15, 0.2) is 0 Å². The molecule has 0 aliphatic rings. The van der Waals surface area contributed by atoms with Gasteiger partial charge in [0.1, 0.15) is 0 Å². The summed E-state index contributed by atoms with van der Waals surface area (Å²) < 4.78 is 0. The van der Waals surface area contributed by atoms with Gasteiger partial charge in [0.25, 0.3) is 0 Å². The number of hydrogen-bond donors (Lipinski definition) is 0. The third-order valence-electron chi connectivity index (χ3n) is 0.957. The van der Waals surface area contributed by atoms with E-state index >= 15 is 0 Å². The average molecular weight is 77.4 g/mol. The highest BCUT2D eigenvalue weighted by Crippen LogP contribution is 1.65. The molecule has 0 bridgehead atoms. The zero-order chi connectivity index (χ0) is 4.83. The second kappa shape index (κ2) is 5.26. The van der Waals surface area contributed by atoms with Gasteiger partial charge in [0.2, 0.25) is 0 Å². The molecule has 0 atom stereocenters. The third kappa shape index (κ3) is 4.26. The maximum absolute atomic E-state index is 2.23. The fraction of sp³-hybridized carbons (Fsp3) is 1.00. The molecule has 0 radical (unpaired) electrons. The van der Waals surface area contributed by atoms with E-state index < -0.39 is 0 Å². The molecule has 30 valence electrons. The van der Waals surface area contributed by atoms with Crippen LogP contribution in [-0.2, 0) is 0 Å². The maximum atomic E-state index is 2.23. The molecule has 0 nitrogen and oxygen atoms in total. The summed E-state index contributed by atoms with van der Waals surface area (Å²) in [6.07, 6.45) is 1.36. The van der Waals surface area contributed by atoms with Gasteiger partial charge < -0.3 is 0 Å². The van der Waals surface area contributed by atoms with E-state index in [1.807, 2.05) is 0 Å². The summed E-state index contributed by atoms with van der Waals surface area (Å²) in [6.45, 7) is 2.23. The van der Waals surface area contributed by atoms with Crippen molar-refractivity contribution in [3.05, 3.63) is 0 Å². The van der Waals surface area contributed by atoms with Crippen LogP contribution in [0.25, 0.3) is 0 Å². The highest BCUT2D eigenvalue weighted by Gasteiger charge is 1.83. The van der Waals surface area contributed by atoms with E-state index in [1.54, 1.807) is 0 Å². The number of hydrogen-bond acceptors (Lipinski definition) is 0. The van der Waals surface area contributed by atoms with Gasteiger partial charge >= 0.3 is 0 Å². The molecule has 0 amide bonds. The van der Waals surface area contributed by atoms with Gasteiger partial charge in [-0.2, -0.15) is 0 Å². The SMILES string of the molecule is BBBBCC. The van der Waals surface area contributed by atoms with Crippen molar-refractivity contribution in [1.29, 1.82) is 0 Å². The topological polar surface area (TPSA) is 0 Å². The second-order valence-electron chi connectivity index (χ2n) is 1.71. The van der Waals surface area contributed by atoms with E-state index in [2.05, 4.69) is 14.7 Å². The first-order valence-electron chi connectivity index (χ1n) is 2.91. The summed E-state index contributed by atoms with van der Waals surface area (Å²) >= 11 is 0. The van der Waals surface area contributed by atoms with Crippen molar-refractivity contribution in [2.24, 2.45) is 0 Å². The molecule has 0 rings (SSSR count). The minimum Gasteiger partial charge on any atom is -0.0881 e. The predicted molar refractivity (Wildman–Crippen MR) is 40.5 cm³/mol. The largest absolute Gasteiger partial charge is 0.0881 e. The van der Waals surface area contributed by atoms with Gasteiger partial charge in [-0.15, -0.1) is 0 Å². The summed E-state index contributed by atoms with van der Waals surface area (Å²) in [5, 5.41) is 0. The Morgan fingerprint density at radius 1 is 1.67 bits per heavy atom. The zero-order valence-electron chi connectivity index (χ0n) is 4.83. The summed E-state index contributed by atoms with van der Waals surface area (Å²) in [4.78, 5) is 0. The van der Waals surface area contributed by atoms with Crippen molar-refractivity contribution in [3.8, 4) is 0 Å². The molecule has 0 aromatic carbocycles. The van der Waals surface area contributed by atoms with Crippen LogP contribution in [0, 0.1) is 0 Å². The van der Waals surface area contributed by atoms with Crippen molar-refractivity contribution in [2.75, 3.05) is 0 Å². The lowest BCUT2D eigenvalue weighted by molar-refractivity contribution is 1.47. The van der Waals surface area contributed by atoms with Crippen LogP contribution in [0.2, 0.25) is 6.32 Å². The Hall–Kier alpha value is 0.260. The van der Waals surface area contributed by atoms with Gasteiger partial charge in [-0.25, -0.2) is 0 Å². The summed E-state index contributed by atoms with van der Waals surface area (Å²) in [7, 11) is 6.41. The molecule has 0 saturated carbocycles. The Kier molecular flexibility index (Phi) is 5.49. The molecule has 0 spiro atoms. The Bertz CT molecular complexity index is 17.5. The minimum absolute atomic E-state index is 1.36. The summed E-state index contributed by atoms with van der Waals surface area (Å²) in [5.74, 6) is 0. The van der Waals surface area contributed by atoms with Crippen LogP contribution in [-0.4, -0.2) is 29.0 Å². The Morgan fingerprint density at radius 3 is 2.50 bits per heavy atom. The van der Waals surface area contributed by atoms with Crippen LogP contribution in [0.15, 0.2) is 0 Å². The lowest BCUT2D eigenvalue weighted by Gasteiger charge is -1.78. The van der Waals surface area contributed by atoms with Crippen LogP contribution >= 0.6 is 0 Å². The second-order valence-corrected chi connectivity index (χ2v) is 1.71. The molecule has 0 aliphatic carbocycles. The van der Waals surface area contributed by atoms with Crippen LogP contribution < -0.4 is 0 Å². The van der Waals surface area contributed by atoms with Crippen LogP contribution in [0.5, 0.6) is 0 Å². The molecule has 0 N–H and O–H groups in total. The molecule has 4 heteroatoms. The fourth-order valence-electron chi connectivity index (χ4n) is 0.500. The van der Waals surface area contributed by atoms with E-state index in [9.17, 15) is 0 Å². The predicted octanol–water partition coefficient (Wildman–Crippen LogP) is -1.89. The Labute approximate surface area is 43.2 Å². The average Bonchev–Trinajstić information content (AvgIpc) is 1.61. The van der Waals surface area contributed by atoms with Gasteiger partial charge in [-0.1, -0.05) is 13.2 Å².